The van der Waals surface area contributed by atoms with Gasteiger partial charge < -0.3 is 5.32 Å². The van der Waals surface area contributed by atoms with Gasteiger partial charge in [-0.2, -0.15) is 0 Å². The number of nitrogens with one attached hydrogen (secondary N) is 1. The van der Waals surface area contributed by atoms with E-state index in [0.29, 0.717) is 0 Å². The number of hydrogen-bond acceptors (Lipinski definition) is 2. The van der Waals surface area contributed by atoms with Crippen LogP contribution in [0.1, 0.15) is 24.9 Å². The molecule has 0 radical (unpaired) electrons. The predicted molar refractivity (Wildman–Crippen MR) is 67.3 cm³/mol. The first-order valence-electron chi connectivity index (χ1n) is 5.52. The molecule has 1 aliphatic heterocycles. The highest BCUT2D eigenvalue weighted by atomic mass is 32.2. The Labute approximate surface area is 100 Å². The van der Waals surface area contributed by atoms with Crippen molar-refractivity contribution in [2.45, 2.75) is 30.3 Å². The highest BCUT2D eigenvalue weighted by Crippen LogP contribution is 2.37. The third-order valence-corrected chi connectivity index (χ3v) is 4.00. The molecule has 1 aromatic rings. The standard InChI is InChI=1S/C13H16FNS/c1-3-9(2)15-12-7-8-16-13-10(12)5-4-6-11(13)14/h3-6,9,12,15H,1,7-8H2,2H3. The van der Waals surface area contributed by atoms with E-state index in [0.717, 1.165) is 22.6 Å². The van der Waals surface area contributed by atoms with Crippen molar-refractivity contribution in [2.24, 2.45) is 0 Å². The maximum absolute atomic E-state index is 13.6. The molecule has 2 rings (SSSR count). The van der Waals surface area contributed by atoms with Gasteiger partial charge in [0.05, 0.1) is 0 Å². The maximum Gasteiger partial charge on any atom is 0.137 e. The van der Waals surface area contributed by atoms with Crippen LogP contribution in [0.3, 0.4) is 0 Å². The second-order valence-corrected chi connectivity index (χ2v) is 5.14. The van der Waals surface area contributed by atoms with E-state index in [1.807, 2.05) is 12.1 Å². The Morgan fingerprint density at radius 2 is 2.44 bits per heavy atom. The van der Waals surface area contributed by atoms with E-state index in [9.17, 15) is 4.39 Å². The summed E-state index contributed by atoms with van der Waals surface area (Å²) in [7, 11) is 0. The molecule has 2 atom stereocenters. The van der Waals surface area contributed by atoms with Crippen LogP contribution in [0.2, 0.25) is 0 Å². The fourth-order valence-electron chi connectivity index (χ4n) is 1.95. The molecule has 0 spiro atoms. The van der Waals surface area contributed by atoms with Gasteiger partial charge in [0.15, 0.2) is 0 Å². The zero-order chi connectivity index (χ0) is 11.5. The van der Waals surface area contributed by atoms with Crippen LogP contribution in [-0.2, 0) is 0 Å². The molecule has 0 bridgehead atoms. The summed E-state index contributed by atoms with van der Waals surface area (Å²) >= 11 is 1.61. The van der Waals surface area contributed by atoms with E-state index < -0.39 is 0 Å². The summed E-state index contributed by atoms with van der Waals surface area (Å²) in [6.45, 7) is 5.82. The molecule has 0 fully saturated rings. The fraction of sp³-hybridized carbons (Fsp3) is 0.385. The van der Waals surface area contributed by atoms with Crippen molar-refractivity contribution < 1.29 is 4.39 Å². The van der Waals surface area contributed by atoms with E-state index in [4.69, 9.17) is 0 Å². The minimum atomic E-state index is -0.0970. The van der Waals surface area contributed by atoms with Gasteiger partial charge in [0.2, 0.25) is 0 Å². The van der Waals surface area contributed by atoms with Crippen molar-refractivity contribution >= 4 is 11.8 Å². The Hall–Kier alpha value is -0.800. The topological polar surface area (TPSA) is 12.0 Å². The van der Waals surface area contributed by atoms with Crippen LogP contribution < -0.4 is 5.32 Å². The molecule has 86 valence electrons. The monoisotopic (exact) mass is 237 g/mol. The van der Waals surface area contributed by atoms with E-state index in [-0.39, 0.29) is 17.9 Å². The highest BCUT2D eigenvalue weighted by molar-refractivity contribution is 7.99. The molecular formula is C13H16FNS. The minimum absolute atomic E-state index is 0.0970. The van der Waals surface area contributed by atoms with Crippen LogP contribution in [0, 0.1) is 5.82 Å². The lowest BCUT2D eigenvalue weighted by molar-refractivity contribution is 0.473. The fourth-order valence-corrected chi connectivity index (χ4v) is 3.09. The van der Waals surface area contributed by atoms with Gasteiger partial charge in [-0.3, -0.25) is 0 Å². The molecule has 0 saturated heterocycles. The second kappa shape index (κ2) is 5.02. The van der Waals surface area contributed by atoms with Gasteiger partial charge in [0, 0.05) is 17.0 Å². The Balaban J connectivity index is 2.26. The zero-order valence-corrected chi connectivity index (χ0v) is 10.2. The van der Waals surface area contributed by atoms with Crippen molar-refractivity contribution in [3.63, 3.8) is 0 Å². The van der Waals surface area contributed by atoms with Crippen LogP contribution in [0.4, 0.5) is 4.39 Å². The molecule has 0 amide bonds. The summed E-state index contributed by atoms with van der Waals surface area (Å²) in [6, 6.07) is 5.83. The third kappa shape index (κ3) is 2.30. The number of benzene rings is 1. The van der Waals surface area contributed by atoms with Gasteiger partial charge in [-0.15, -0.1) is 18.3 Å². The Morgan fingerprint density at radius 1 is 1.62 bits per heavy atom. The highest BCUT2D eigenvalue weighted by Gasteiger charge is 2.23. The molecule has 0 saturated carbocycles. The molecular weight excluding hydrogens is 221 g/mol. The summed E-state index contributed by atoms with van der Waals surface area (Å²) in [5.74, 6) is 0.871. The third-order valence-electron chi connectivity index (χ3n) is 2.84. The smallest absolute Gasteiger partial charge is 0.137 e. The summed E-state index contributed by atoms with van der Waals surface area (Å²) in [4.78, 5) is 0.808. The first-order chi connectivity index (χ1) is 7.72. The number of thioether (sulfide) groups is 1. The maximum atomic E-state index is 13.6. The first-order valence-corrected chi connectivity index (χ1v) is 6.50. The number of fused-ring (bicyclic) bond motifs is 1. The molecule has 16 heavy (non-hydrogen) atoms. The molecule has 1 nitrogen and oxygen atoms in total. The quantitative estimate of drug-likeness (QED) is 0.807. The number of hydrogen-bond donors (Lipinski definition) is 1. The molecule has 1 aromatic carbocycles. The van der Waals surface area contributed by atoms with Crippen molar-refractivity contribution in [1.82, 2.24) is 5.32 Å². The van der Waals surface area contributed by atoms with Crippen LogP contribution in [-0.4, -0.2) is 11.8 Å². The van der Waals surface area contributed by atoms with Gasteiger partial charge in [-0.1, -0.05) is 18.2 Å². The van der Waals surface area contributed by atoms with Gasteiger partial charge in [-0.25, -0.2) is 4.39 Å². The Bertz CT molecular complexity index is 392. The average molecular weight is 237 g/mol. The predicted octanol–water partition coefficient (Wildman–Crippen LogP) is 3.53. The molecule has 0 aliphatic carbocycles. The van der Waals surface area contributed by atoms with Gasteiger partial charge in [-0.05, 0) is 30.7 Å². The van der Waals surface area contributed by atoms with Crippen LogP contribution in [0.5, 0.6) is 0 Å². The van der Waals surface area contributed by atoms with E-state index in [2.05, 4.69) is 18.8 Å². The van der Waals surface area contributed by atoms with Crippen LogP contribution in [0.15, 0.2) is 35.7 Å². The summed E-state index contributed by atoms with van der Waals surface area (Å²) in [5, 5.41) is 3.45. The van der Waals surface area contributed by atoms with Gasteiger partial charge in [0.1, 0.15) is 5.82 Å². The van der Waals surface area contributed by atoms with Crippen molar-refractivity contribution in [3.05, 3.63) is 42.2 Å². The Kier molecular flexibility index (Phi) is 3.66. The normalized spacial score (nSPS) is 21.2. The van der Waals surface area contributed by atoms with Gasteiger partial charge in [0.25, 0.3) is 0 Å². The molecule has 3 heteroatoms. The summed E-state index contributed by atoms with van der Waals surface area (Å²) in [5.41, 5.74) is 1.09. The van der Waals surface area contributed by atoms with Crippen molar-refractivity contribution in [3.8, 4) is 0 Å². The average Bonchev–Trinajstić information content (AvgIpc) is 2.30. The minimum Gasteiger partial charge on any atom is -0.304 e. The number of rotatable bonds is 3. The Morgan fingerprint density at radius 3 is 3.19 bits per heavy atom. The van der Waals surface area contributed by atoms with Crippen LogP contribution in [0.25, 0.3) is 0 Å². The lowest BCUT2D eigenvalue weighted by Gasteiger charge is -2.28. The molecule has 1 heterocycles. The van der Waals surface area contributed by atoms with Gasteiger partial charge >= 0.3 is 0 Å². The largest absolute Gasteiger partial charge is 0.304 e. The van der Waals surface area contributed by atoms with Crippen molar-refractivity contribution in [1.29, 1.82) is 0 Å². The zero-order valence-electron chi connectivity index (χ0n) is 9.37. The lowest BCUT2D eigenvalue weighted by atomic mass is 10.0. The molecule has 0 aromatic heterocycles. The van der Waals surface area contributed by atoms with Crippen LogP contribution >= 0.6 is 11.8 Å². The SMILES string of the molecule is C=CC(C)NC1CCSc2c(F)cccc21. The summed E-state index contributed by atoms with van der Waals surface area (Å²) in [6.07, 6.45) is 2.92. The van der Waals surface area contributed by atoms with E-state index >= 15 is 0 Å². The van der Waals surface area contributed by atoms with E-state index in [1.54, 1.807) is 17.8 Å². The number of halogens is 1. The second-order valence-electron chi connectivity index (χ2n) is 4.04. The lowest BCUT2D eigenvalue weighted by Crippen LogP contribution is -2.31. The molecule has 1 N–H and O–H groups in total. The van der Waals surface area contributed by atoms with E-state index in [1.165, 1.54) is 6.07 Å². The first kappa shape index (κ1) is 11.7. The molecule has 2 unspecified atom stereocenters. The van der Waals surface area contributed by atoms with Crippen molar-refractivity contribution in [2.75, 3.05) is 5.75 Å². The summed E-state index contributed by atoms with van der Waals surface area (Å²) < 4.78 is 13.6. The molecule has 1 aliphatic rings.